The van der Waals surface area contributed by atoms with E-state index in [1.54, 1.807) is 20.8 Å². The Hall–Kier alpha value is -0.130. The van der Waals surface area contributed by atoms with Gasteiger partial charge in [0.25, 0.3) is 0 Å². The summed E-state index contributed by atoms with van der Waals surface area (Å²) in [5.41, 5.74) is 0. The Balaban J connectivity index is 4.26. The number of hydrogen-bond donors (Lipinski definition) is 1. The Bertz CT molecular complexity index is 202. The maximum Gasteiger partial charge on any atom is 0.157 e. The second-order valence-corrected chi connectivity index (χ2v) is 6.16. The summed E-state index contributed by atoms with van der Waals surface area (Å²) in [5.74, 6) is 4.69. The molecule has 0 aliphatic heterocycles. The van der Waals surface area contributed by atoms with Crippen molar-refractivity contribution in [2.45, 2.75) is 25.5 Å². The number of nitrogens with two attached hydrogens (primary N) is 1. The number of rotatable bonds is 3. The molecule has 0 radical (unpaired) electrons. The van der Waals surface area contributed by atoms with Gasteiger partial charge in [0.15, 0.2) is 9.84 Å². The van der Waals surface area contributed by atoms with Crippen LogP contribution in [0.4, 0.5) is 0 Å². The van der Waals surface area contributed by atoms with Crippen molar-refractivity contribution in [1.29, 1.82) is 0 Å². The fourth-order valence-electron chi connectivity index (χ4n) is 0.464. The molecule has 0 aromatic heterocycles. The van der Waals surface area contributed by atoms with Gasteiger partial charge in [0.2, 0.25) is 0 Å². The molecule has 0 atom stereocenters. The molecule has 0 amide bonds. The Kier molecular flexibility index (Phi) is 3.47. The van der Waals surface area contributed by atoms with Crippen molar-refractivity contribution in [3.8, 4) is 0 Å². The molecule has 0 rings (SSSR count). The first kappa shape index (κ1) is 10.9. The van der Waals surface area contributed by atoms with E-state index in [2.05, 4.69) is 4.84 Å². The largest absolute Gasteiger partial charge is 0.304 e. The van der Waals surface area contributed by atoms with Gasteiger partial charge in [-0.05, 0) is 20.8 Å². The highest BCUT2D eigenvalue weighted by molar-refractivity contribution is 7.92. The molecule has 0 saturated carbocycles. The van der Waals surface area contributed by atoms with Crippen molar-refractivity contribution in [2.75, 3.05) is 12.4 Å². The van der Waals surface area contributed by atoms with Crippen LogP contribution in [-0.4, -0.2) is 25.5 Å². The van der Waals surface area contributed by atoms with Gasteiger partial charge >= 0.3 is 0 Å². The maximum atomic E-state index is 11.3. The summed E-state index contributed by atoms with van der Waals surface area (Å²) in [7, 11) is -3.06. The lowest BCUT2D eigenvalue weighted by molar-refractivity contribution is 0.153. The molecule has 0 fully saturated rings. The van der Waals surface area contributed by atoms with Crippen LogP contribution in [0.25, 0.3) is 0 Å². The zero-order valence-electron chi connectivity index (χ0n) is 7.12. The second-order valence-electron chi connectivity index (χ2n) is 3.30. The lowest BCUT2D eigenvalue weighted by Gasteiger charge is -2.18. The predicted octanol–water partition coefficient (Wildman–Crippen LogP) is 0.0900. The normalized spacial score (nSPS) is 13.5. The maximum absolute atomic E-state index is 11.3. The van der Waals surface area contributed by atoms with Gasteiger partial charge in [0.1, 0.15) is 0 Å². The van der Waals surface area contributed by atoms with Crippen molar-refractivity contribution in [2.24, 2.45) is 5.90 Å². The van der Waals surface area contributed by atoms with E-state index in [4.69, 9.17) is 5.90 Å². The van der Waals surface area contributed by atoms with Gasteiger partial charge in [0.05, 0.1) is 17.1 Å². The average Bonchev–Trinajstić information content (AvgIpc) is 1.81. The van der Waals surface area contributed by atoms with Crippen LogP contribution in [0.1, 0.15) is 20.8 Å². The summed E-state index contributed by atoms with van der Waals surface area (Å²) < 4.78 is 21.8. The van der Waals surface area contributed by atoms with E-state index in [0.29, 0.717) is 0 Å². The van der Waals surface area contributed by atoms with Crippen molar-refractivity contribution in [1.82, 2.24) is 0 Å². The lowest BCUT2D eigenvalue weighted by Crippen LogP contribution is -2.32. The lowest BCUT2D eigenvalue weighted by atomic mass is 10.3. The molecule has 0 spiro atoms. The SMILES string of the molecule is CC(C)(C)S(=O)(=O)CCON. The molecule has 0 saturated heterocycles. The van der Waals surface area contributed by atoms with E-state index in [0.717, 1.165) is 0 Å². The second kappa shape index (κ2) is 3.51. The van der Waals surface area contributed by atoms with E-state index in [9.17, 15) is 8.42 Å². The van der Waals surface area contributed by atoms with Crippen LogP contribution in [0.5, 0.6) is 0 Å². The number of sulfone groups is 1. The standard InChI is InChI=1S/C6H15NO3S/c1-6(2,3)11(8,9)5-4-10-7/h4-5,7H2,1-3H3. The molecule has 0 heterocycles. The van der Waals surface area contributed by atoms with Gasteiger partial charge in [-0.2, -0.15) is 0 Å². The minimum atomic E-state index is -3.06. The fourth-order valence-corrected chi connectivity index (χ4v) is 1.39. The highest BCUT2D eigenvalue weighted by atomic mass is 32.2. The fraction of sp³-hybridized carbons (Fsp3) is 1.00. The summed E-state index contributed by atoms with van der Waals surface area (Å²) in [4.78, 5) is 4.19. The van der Waals surface area contributed by atoms with Crippen LogP contribution < -0.4 is 5.90 Å². The molecular formula is C6H15NO3S. The van der Waals surface area contributed by atoms with Crippen molar-refractivity contribution in [3.63, 3.8) is 0 Å². The van der Waals surface area contributed by atoms with E-state index in [-0.39, 0.29) is 12.4 Å². The van der Waals surface area contributed by atoms with Crippen molar-refractivity contribution in [3.05, 3.63) is 0 Å². The van der Waals surface area contributed by atoms with Gasteiger partial charge in [0, 0.05) is 0 Å². The van der Waals surface area contributed by atoms with Crippen LogP contribution in [0.15, 0.2) is 0 Å². The molecule has 68 valence electrons. The van der Waals surface area contributed by atoms with Crippen LogP contribution in [-0.2, 0) is 14.7 Å². The third kappa shape index (κ3) is 3.18. The summed E-state index contributed by atoms with van der Waals surface area (Å²) >= 11 is 0. The third-order valence-electron chi connectivity index (χ3n) is 1.40. The van der Waals surface area contributed by atoms with Gasteiger partial charge < -0.3 is 4.84 Å². The van der Waals surface area contributed by atoms with Crippen molar-refractivity contribution < 1.29 is 13.3 Å². The molecule has 2 N–H and O–H groups in total. The Morgan fingerprint density at radius 1 is 1.36 bits per heavy atom. The average molecular weight is 181 g/mol. The molecule has 0 aromatic rings. The zero-order valence-corrected chi connectivity index (χ0v) is 7.94. The minimum absolute atomic E-state index is 0.0208. The van der Waals surface area contributed by atoms with Gasteiger partial charge in [-0.25, -0.2) is 14.3 Å². The molecule has 0 aliphatic carbocycles. The van der Waals surface area contributed by atoms with Crippen LogP contribution in [0.2, 0.25) is 0 Å². The Morgan fingerprint density at radius 2 is 1.82 bits per heavy atom. The molecule has 4 nitrogen and oxygen atoms in total. The van der Waals surface area contributed by atoms with E-state index in [1.807, 2.05) is 0 Å². The smallest absolute Gasteiger partial charge is 0.157 e. The van der Waals surface area contributed by atoms with Crippen molar-refractivity contribution >= 4 is 9.84 Å². The zero-order chi connectivity index (χ0) is 9.12. The highest BCUT2D eigenvalue weighted by Crippen LogP contribution is 2.15. The first-order chi connectivity index (χ1) is 4.81. The topological polar surface area (TPSA) is 69.4 Å². The van der Waals surface area contributed by atoms with Gasteiger partial charge in [-0.3, -0.25) is 0 Å². The highest BCUT2D eigenvalue weighted by Gasteiger charge is 2.28. The van der Waals surface area contributed by atoms with E-state index >= 15 is 0 Å². The van der Waals surface area contributed by atoms with Crippen LogP contribution >= 0.6 is 0 Å². The minimum Gasteiger partial charge on any atom is -0.304 e. The Labute approximate surface area is 67.6 Å². The molecule has 0 aromatic carbocycles. The molecular weight excluding hydrogens is 166 g/mol. The quantitative estimate of drug-likeness (QED) is 0.626. The van der Waals surface area contributed by atoms with Gasteiger partial charge in [-0.1, -0.05) is 0 Å². The third-order valence-corrected chi connectivity index (χ3v) is 3.97. The molecule has 11 heavy (non-hydrogen) atoms. The van der Waals surface area contributed by atoms with E-state index < -0.39 is 14.6 Å². The van der Waals surface area contributed by atoms with Crippen LogP contribution in [0.3, 0.4) is 0 Å². The summed E-state index contributed by atoms with van der Waals surface area (Å²) in [6.45, 7) is 5.01. The summed E-state index contributed by atoms with van der Waals surface area (Å²) in [6, 6.07) is 0. The van der Waals surface area contributed by atoms with E-state index in [1.165, 1.54) is 0 Å². The predicted molar refractivity (Wildman–Crippen MR) is 43.7 cm³/mol. The molecule has 0 aliphatic rings. The first-order valence-corrected chi connectivity index (χ1v) is 5.00. The van der Waals surface area contributed by atoms with Gasteiger partial charge in [-0.15, -0.1) is 0 Å². The first-order valence-electron chi connectivity index (χ1n) is 3.35. The molecule has 0 unspecified atom stereocenters. The summed E-state index contributed by atoms with van der Waals surface area (Å²) in [5, 5.41) is 0. The molecule has 5 heteroatoms. The number of hydrogen-bond acceptors (Lipinski definition) is 4. The monoisotopic (exact) mass is 181 g/mol. The molecule has 0 bridgehead atoms. The summed E-state index contributed by atoms with van der Waals surface area (Å²) in [6.07, 6.45) is 0. The van der Waals surface area contributed by atoms with Crippen LogP contribution in [0, 0.1) is 0 Å². The Morgan fingerprint density at radius 3 is 2.09 bits per heavy atom.